The topological polar surface area (TPSA) is 68.2 Å². The molecule has 2 N–H and O–H groups in total. The van der Waals surface area contributed by atoms with Crippen molar-refractivity contribution < 1.29 is 9.90 Å². The number of guanidine groups is 1. The third kappa shape index (κ3) is 3.34. The molecule has 1 saturated heterocycles. The van der Waals surface area contributed by atoms with E-state index in [1.54, 1.807) is 0 Å². The molecule has 2 aromatic carbocycles. The van der Waals surface area contributed by atoms with Crippen LogP contribution in [0.2, 0.25) is 0 Å². The summed E-state index contributed by atoms with van der Waals surface area (Å²) >= 11 is 0. The van der Waals surface area contributed by atoms with Crippen LogP contribution in [-0.4, -0.2) is 66.1 Å². The predicted molar refractivity (Wildman–Crippen MR) is 103 cm³/mol. The Morgan fingerprint density at radius 1 is 1.08 bits per heavy atom. The van der Waals surface area contributed by atoms with Gasteiger partial charge in [0.2, 0.25) is 5.96 Å². The van der Waals surface area contributed by atoms with Gasteiger partial charge in [-0.3, -0.25) is 9.69 Å². The van der Waals surface area contributed by atoms with Crippen molar-refractivity contribution in [2.45, 2.75) is 0 Å². The molecule has 1 fully saturated rings. The first-order chi connectivity index (χ1) is 12.7. The van der Waals surface area contributed by atoms with Crippen molar-refractivity contribution in [3.05, 3.63) is 53.7 Å². The van der Waals surface area contributed by atoms with E-state index in [9.17, 15) is 4.79 Å². The second-order valence-electron chi connectivity index (χ2n) is 6.54. The van der Waals surface area contributed by atoms with E-state index in [-0.39, 0.29) is 12.5 Å². The van der Waals surface area contributed by atoms with E-state index in [0.29, 0.717) is 18.2 Å². The Morgan fingerprint density at radius 2 is 1.85 bits per heavy atom. The van der Waals surface area contributed by atoms with Crippen molar-refractivity contribution in [2.75, 3.05) is 39.3 Å². The number of hydrogen-bond acceptors (Lipinski definition) is 5. The number of nitrogens with one attached hydrogen (secondary N) is 1. The number of carbonyl (C=O) groups is 1. The fraction of sp³-hybridized carbons (Fsp3) is 0.300. The van der Waals surface area contributed by atoms with E-state index in [2.05, 4.69) is 38.3 Å². The molecule has 134 valence electrons. The van der Waals surface area contributed by atoms with Gasteiger partial charge in [-0.1, -0.05) is 42.5 Å². The first-order valence-corrected chi connectivity index (χ1v) is 8.92. The largest absolute Gasteiger partial charge is 0.395 e. The maximum Gasteiger partial charge on any atom is 0.296 e. The molecule has 0 bridgehead atoms. The van der Waals surface area contributed by atoms with Crippen molar-refractivity contribution in [3.8, 4) is 0 Å². The number of fused-ring (bicyclic) bond motifs is 1. The van der Waals surface area contributed by atoms with Crippen LogP contribution in [-0.2, 0) is 4.79 Å². The van der Waals surface area contributed by atoms with Crippen LogP contribution >= 0.6 is 0 Å². The number of β-amino-alcohol motifs (C(OH)–C–C–N with tert-alkyl or cyclic N) is 1. The molecule has 2 heterocycles. The van der Waals surface area contributed by atoms with Crippen LogP contribution in [0.4, 0.5) is 0 Å². The number of rotatable bonds is 3. The monoisotopic (exact) mass is 350 g/mol. The molecule has 1 amide bonds. The first-order valence-electron chi connectivity index (χ1n) is 8.92. The van der Waals surface area contributed by atoms with Gasteiger partial charge in [-0.25, -0.2) is 0 Å². The third-order valence-corrected chi connectivity index (χ3v) is 4.90. The van der Waals surface area contributed by atoms with Gasteiger partial charge in [0.25, 0.3) is 5.91 Å². The Hall–Kier alpha value is -2.70. The quantitative estimate of drug-likeness (QED) is 0.816. The average molecular weight is 350 g/mol. The van der Waals surface area contributed by atoms with Crippen molar-refractivity contribution in [1.82, 2.24) is 15.1 Å². The van der Waals surface area contributed by atoms with Crippen LogP contribution in [0.15, 0.2) is 53.2 Å². The smallest absolute Gasteiger partial charge is 0.296 e. The number of carbonyl (C=O) groups excluding carboxylic acids is 1. The number of aliphatic hydroxyl groups is 1. The summed E-state index contributed by atoms with van der Waals surface area (Å²) in [6.07, 6.45) is 1.88. The Kier molecular flexibility index (Phi) is 4.69. The van der Waals surface area contributed by atoms with Gasteiger partial charge >= 0.3 is 0 Å². The molecular formula is C20H22N4O2. The zero-order chi connectivity index (χ0) is 17.9. The van der Waals surface area contributed by atoms with Gasteiger partial charge in [-0.05, 0) is 22.4 Å². The van der Waals surface area contributed by atoms with Crippen LogP contribution in [0.1, 0.15) is 5.56 Å². The SMILES string of the molecule is O=C1N=C(N2CCN(CCO)CC2)N/C1=C/c1cccc2ccccc12. The highest BCUT2D eigenvalue weighted by Gasteiger charge is 2.27. The summed E-state index contributed by atoms with van der Waals surface area (Å²) in [5.41, 5.74) is 1.51. The Morgan fingerprint density at radius 3 is 2.65 bits per heavy atom. The zero-order valence-electron chi connectivity index (χ0n) is 14.6. The highest BCUT2D eigenvalue weighted by molar-refractivity contribution is 6.13. The summed E-state index contributed by atoms with van der Waals surface area (Å²) in [6.45, 7) is 4.17. The maximum atomic E-state index is 12.3. The number of amides is 1. The fourth-order valence-corrected chi connectivity index (χ4v) is 3.46. The molecular weight excluding hydrogens is 328 g/mol. The van der Waals surface area contributed by atoms with Gasteiger partial charge in [0.1, 0.15) is 5.70 Å². The number of benzene rings is 2. The molecule has 0 aliphatic carbocycles. The lowest BCUT2D eigenvalue weighted by Gasteiger charge is -2.35. The lowest BCUT2D eigenvalue weighted by Crippen LogP contribution is -2.51. The fourth-order valence-electron chi connectivity index (χ4n) is 3.46. The molecule has 2 aliphatic heterocycles. The van der Waals surface area contributed by atoms with Gasteiger partial charge in [0.05, 0.1) is 6.61 Å². The van der Waals surface area contributed by atoms with E-state index in [0.717, 1.165) is 42.5 Å². The summed E-state index contributed by atoms with van der Waals surface area (Å²) in [5.74, 6) is 0.399. The van der Waals surface area contributed by atoms with Crippen LogP contribution in [0.5, 0.6) is 0 Å². The normalized spacial score (nSPS) is 19.9. The summed E-state index contributed by atoms with van der Waals surface area (Å²) in [4.78, 5) is 20.8. The lowest BCUT2D eigenvalue weighted by atomic mass is 10.0. The van der Waals surface area contributed by atoms with E-state index >= 15 is 0 Å². The number of hydrogen-bond donors (Lipinski definition) is 2. The molecule has 0 aromatic heterocycles. The maximum absolute atomic E-state index is 12.3. The molecule has 0 radical (unpaired) electrons. The van der Waals surface area contributed by atoms with E-state index in [1.165, 1.54) is 0 Å². The first kappa shape index (κ1) is 16.8. The summed E-state index contributed by atoms with van der Waals surface area (Å²) in [6, 6.07) is 14.2. The average Bonchev–Trinajstić information content (AvgIpc) is 3.03. The van der Waals surface area contributed by atoms with Crippen molar-refractivity contribution >= 4 is 28.7 Å². The molecule has 6 heteroatoms. The molecule has 6 nitrogen and oxygen atoms in total. The number of aliphatic hydroxyl groups excluding tert-OH is 1. The number of aliphatic imine (C=N–C) groups is 1. The Labute approximate surface area is 152 Å². The van der Waals surface area contributed by atoms with E-state index in [1.807, 2.05) is 30.3 Å². The van der Waals surface area contributed by atoms with Gasteiger partial charge in [-0.15, -0.1) is 0 Å². The van der Waals surface area contributed by atoms with Gasteiger partial charge in [0.15, 0.2) is 0 Å². The van der Waals surface area contributed by atoms with Crippen LogP contribution in [0, 0.1) is 0 Å². The second-order valence-corrected chi connectivity index (χ2v) is 6.54. The van der Waals surface area contributed by atoms with Gasteiger partial charge in [-0.2, -0.15) is 4.99 Å². The predicted octanol–water partition coefficient (Wildman–Crippen LogP) is 1.28. The minimum absolute atomic E-state index is 0.176. The third-order valence-electron chi connectivity index (χ3n) is 4.90. The van der Waals surface area contributed by atoms with Gasteiger partial charge < -0.3 is 15.3 Å². The Balaban J connectivity index is 1.50. The molecule has 2 aromatic rings. The summed E-state index contributed by atoms with van der Waals surface area (Å²) in [5, 5.41) is 14.5. The van der Waals surface area contributed by atoms with Crippen molar-refractivity contribution in [1.29, 1.82) is 0 Å². The molecule has 0 atom stereocenters. The van der Waals surface area contributed by atoms with E-state index in [4.69, 9.17) is 5.11 Å². The summed E-state index contributed by atoms with van der Waals surface area (Å²) < 4.78 is 0. The molecule has 26 heavy (non-hydrogen) atoms. The molecule has 0 saturated carbocycles. The highest BCUT2D eigenvalue weighted by Crippen LogP contribution is 2.21. The summed E-state index contributed by atoms with van der Waals surface area (Å²) in [7, 11) is 0. The molecule has 4 rings (SSSR count). The second kappa shape index (κ2) is 7.27. The highest BCUT2D eigenvalue weighted by atomic mass is 16.3. The molecule has 0 spiro atoms. The van der Waals surface area contributed by atoms with Crippen LogP contribution < -0.4 is 5.32 Å². The lowest BCUT2D eigenvalue weighted by molar-refractivity contribution is -0.114. The minimum atomic E-state index is -0.231. The molecule has 0 unspecified atom stereocenters. The standard InChI is InChI=1S/C20H22N4O2/c25-13-12-23-8-10-24(11-9-23)20-21-18(19(26)22-20)14-16-6-3-5-15-4-1-2-7-17(15)16/h1-7,14,25H,8-13H2,(H,21,22,26)/b18-14+. The minimum Gasteiger partial charge on any atom is -0.395 e. The van der Waals surface area contributed by atoms with Crippen LogP contribution in [0.3, 0.4) is 0 Å². The number of nitrogens with zero attached hydrogens (tertiary/aromatic N) is 3. The molecule has 2 aliphatic rings. The van der Waals surface area contributed by atoms with Crippen LogP contribution in [0.25, 0.3) is 16.8 Å². The van der Waals surface area contributed by atoms with Gasteiger partial charge in [0, 0.05) is 32.7 Å². The number of piperazine rings is 1. The van der Waals surface area contributed by atoms with Crippen molar-refractivity contribution in [3.63, 3.8) is 0 Å². The van der Waals surface area contributed by atoms with E-state index < -0.39 is 0 Å². The zero-order valence-corrected chi connectivity index (χ0v) is 14.6. The van der Waals surface area contributed by atoms with Crippen molar-refractivity contribution in [2.24, 2.45) is 4.99 Å². The Bertz CT molecular complexity index is 877.